The van der Waals surface area contributed by atoms with Crippen LogP contribution in [0.15, 0.2) is 0 Å². The molecule has 2 aliphatic heterocycles. The smallest absolute Gasteiger partial charge is 0.469 e. The first-order chi connectivity index (χ1) is 14.8. The predicted octanol–water partition coefficient (Wildman–Crippen LogP) is 1.01. The van der Waals surface area contributed by atoms with Gasteiger partial charge in [-0.2, -0.15) is 0 Å². The molecule has 0 aromatic rings. The fourth-order valence-electron chi connectivity index (χ4n) is 3.11. The van der Waals surface area contributed by atoms with Crippen LogP contribution in [0.5, 0.6) is 0 Å². The van der Waals surface area contributed by atoms with E-state index in [0.717, 1.165) is 0 Å². The zero-order valence-corrected chi connectivity index (χ0v) is 20.3. The highest BCUT2D eigenvalue weighted by Gasteiger charge is 2.49. The molecular formula is C19H34N3O9P. The summed E-state index contributed by atoms with van der Waals surface area (Å²) in [4.78, 5) is 36.0. The molecule has 3 N–H and O–H groups in total. The van der Waals surface area contributed by atoms with E-state index in [2.05, 4.69) is 41.7 Å². The average molecular weight is 479 g/mol. The number of nitrogens with one attached hydrogen (secondary N) is 3. The molecule has 1 amide bonds. The molecule has 4 atom stereocenters. The number of methoxy groups -OCH3 is 1. The van der Waals surface area contributed by atoms with E-state index in [0.29, 0.717) is 6.42 Å². The van der Waals surface area contributed by atoms with E-state index >= 15 is 0 Å². The number of carbonyl (C=O) groups excluding carboxylic acids is 3. The Kier molecular flexibility index (Phi) is 8.82. The molecule has 2 aliphatic rings. The number of hydrogen-bond acceptors (Lipinski definition) is 11. The second-order valence-electron chi connectivity index (χ2n) is 9.52. The number of phosphoric ester groups is 1. The molecule has 0 saturated carbocycles. The monoisotopic (exact) mass is 479 g/mol. The van der Waals surface area contributed by atoms with E-state index in [1.807, 2.05) is 0 Å². The van der Waals surface area contributed by atoms with Gasteiger partial charge in [-0.05, 0) is 11.8 Å². The minimum atomic E-state index is -4.15. The lowest BCUT2D eigenvalue weighted by molar-refractivity contribution is -0.157. The Bertz CT molecular complexity index is 753. The van der Waals surface area contributed by atoms with Gasteiger partial charge < -0.3 is 14.8 Å². The first-order valence-electron chi connectivity index (χ1n) is 10.4. The van der Waals surface area contributed by atoms with Crippen molar-refractivity contribution in [2.75, 3.05) is 27.1 Å². The Balaban J connectivity index is 1.85. The van der Waals surface area contributed by atoms with Crippen molar-refractivity contribution in [3.63, 3.8) is 0 Å². The van der Waals surface area contributed by atoms with E-state index in [-0.39, 0.29) is 31.0 Å². The molecule has 2 heterocycles. The fraction of sp³-hybridized carbons (Fsp3) is 0.842. The van der Waals surface area contributed by atoms with Crippen LogP contribution >= 0.6 is 7.82 Å². The van der Waals surface area contributed by atoms with Crippen LogP contribution in [0.2, 0.25) is 0 Å². The standard InChI is InChI=1S/C19H34N3O9P/c1-18(2,3)13-9-12(21-22-13)17(25)28-11-30-32(26)29-10-19(4,5)15(31-32)16(24)20-8-7-14(23)27-6/h12-13,15,21-22H,7-11H2,1-6H3,(H,20,24)/t12?,13?,15-,32?/m0/s1. The highest BCUT2D eigenvalue weighted by molar-refractivity contribution is 7.48. The van der Waals surface area contributed by atoms with Crippen molar-refractivity contribution in [3.8, 4) is 0 Å². The lowest BCUT2D eigenvalue weighted by Gasteiger charge is -2.39. The number of ether oxygens (including phenoxy) is 2. The van der Waals surface area contributed by atoms with Gasteiger partial charge in [-0.25, -0.2) is 14.5 Å². The largest absolute Gasteiger partial charge is 0.478 e. The van der Waals surface area contributed by atoms with Gasteiger partial charge in [0.2, 0.25) is 12.7 Å². The van der Waals surface area contributed by atoms with Crippen LogP contribution in [-0.2, 0) is 42.0 Å². The van der Waals surface area contributed by atoms with Crippen LogP contribution in [0.25, 0.3) is 0 Å². The Morgan fingerprint density at radius 3 is 2.50 bits per heavy atom. The summed E-state index contributed by atoms with van der Waals surface area (Å²) in [6.07, 6.45) is -0.658. The van der Waals surface area contributed by atoms with Crippen LogP contribution in [-0.4, -0.2) is 63.1 Å². The van der Waals surface area contributed by atoms with E-state index in [4.69, 9.17) is 18.3 Å². The SMILES string of the molecule is COC(=O)CCNC(=O)[C@@H]1OP(=O)(OCOC(=O)C2CC(C(C)(C)C)NN2)OCC1(C)C. The van der Waals surface area contributed by atoms with Gasteiger partial charge in [0, 0.05) is 18.0 Å². The number of rotatable bonds is 8. The van der Waals surface area contributed by atoms with Gasteiger partial charge in [0.15, 0.2) is 6.10 Å². The van der Waals surface area contributed by atoms with Crippen molar-refractivity contribution in [1.82, 2.24) is 16.2 Å². The summed E-state index contributed by atoms with van der Waals surface area (Å²) >= 11 is 0. The summed E-state index contributed by atoms with van der Waals surface area (Å²) in [5, 5.41) is 2.54. The highest BCUT2D eigenvalue weighted by Crippen LogP contribution is 2.57. The third-order valence-electron chi connectivity index (χ3n) is 5.28. The van der Waals surface area contributed by atoms with E-state index in [1.54, 1.807) is 13.8 Å². The average Bonchev–Trinajstić information content (AvgIpc) is 3.21. The highest BCUT2D eigenvalue weighted by atomic mass is 31.2. The van der Waals surface area contributed by atoms with Crippen LogP contribution in [0.3, 0.4) is 0 Å². The van der Waals surface area contributed by atoms with E-state index in [9.17, 15) is 18.9 Å². The molecule has 184 valence electrons. The van der Waals surface area contributed by atoms with E-state index < -0.39 is 50.0 Å². The molecule has 0 aliphatic carbocycles. The van der Waals surface area contributed by atoms with Crippen molar-refractivity contribution in [2.24, 2.45) is 10.8 Å². The second kappa shape index (κ2) is 10.6. The predicted molar refractivity (Wildman–Crippen MR) is 112 cm³/mol. The van der Waals surface area contributed by atoms with Gasteiger partial charge in [-0.1, -0.05) is 34.6 Å². The molecule has 2 rings (SSSR count). The lowest BCUT2D eigenvalue weighted by Crippen LogP contribution is -2.50. The number of hydrazine groups is 1. The maximum Gasteiger partial charge on any atom is 0.478 e. The second-order valence-corrected chi connectivity index (χ2v) is 11.1. The van der Waals surface area contributed by atoms with Gasteiger partial charge in [-0.15, -0.1) is 0 Å². The Morgan fingerprint density at radius 2 is 1.91 bits per heavy atom. The Labute approximate surface area is 188 Å². The first kappa shape index (κ1) is 26.7. The Morgan fingerprint density at radius 1 is 1.22 bits per heavy atom. The van der Waals surface area contributed by atoms with Crippen molar-refractivity contribution in [2.45, 2.75) is 65.6 Å². The number of esters is 2. The van der Waals surface area contributed by atoms with Gasteiger partial charge in [-0.3, -0.25) is 28.9 Å². The number of amides is 1. The van der Waals surface area contributed by atoms with Crippen LogP contribution < -0.4 is 16.2 Å². The molecule has 32 heavy (non-hydrogen) atoms. The van der Waals surface area contributed by atoms with Crippen molar-refractivity contribution >= 4 is 25.7 Å². The molecule has 13 heteroatoms. The molecule has 0 radical (unpaired) electrons. The maximum atomic E-state index is 12.8. The molecule has 0 aromatic carbocycles. The summed E-state index contributed by atoms with van der Waals surface area (Å²) in [6.45, 7) is 8.84. The van der Waals surface area contributed by atoms with Gasteiger partial charge in [0.05, 0.1) is 20.1 Å². The third kappa shape index (κ3) is 7.23. The fourth-order valence-corrected chi connectivity index (χ4v) is 4.61. The minimum absolute atomic E-state index is 0.0177. The molecule has 2 fully saturated rings. The Hall–Kier alpha value is -1.56. The van der Waals surface area contributed by atoms with Gasteiger partial charge in [0.1, 0.15) is 6.04 Å². The summed E-state index contributed by atoms with van der Waals surface area (Å²) in [7, 11) is -2.91. The number of hydrogen-bond donors (Lipinski definition) is 3. The van der Waals surface area contributed by atoms with Crippen LogP contribution in [0.1, 0.15) is 47.5 Å². The lowest BCUT2D eigenvalue weighted by atomic mass is 9.85. The molecule has 2 saturated heterocycles. The maximum absolute atomic E-state index is 12.8. The summed E-state index contributed by atoms with van der Waals surface area (Å²) < 4.78 is 38.1. The van der Waals surface area contributed by atoms with Crippen molar-refractivity contribution in [1.29, 1.82) is 0 Å². The number of phosphoric acid groups is 1. The minimum Gasteiger partial charge on any atom is -0.469 e. The van der Waals surface area contributed by atoms with Gasteiger partial charge >= 0.3 is 19.8 Å². The zero-order chi connectivity index (χ0) is 24.2. The summed E-state index contributed by atoms with van der Waals surface area (Å²) in [5.41, 5.74) is 5.07. The van der Waals surface area contributed by atoms with Crippen LogP contribution in [0, 0.1) is 10.8 Å². The molecule has 0 bridgehead atoms. The zero-order valence-electron chi connectivity index (χ0n) is 19.4. The molecule has 12 nitrogen and oxygen atoms in total. The topological polar surface area (TPSA) is 151 Å². The molecule has 3 unspecified atom stereocenters. The van der Waals surface area contributed by atoms with Crippen molar-refractivity contribution < 1.29 is 42.0 Å². The van der Waals surface area contributed by atoms with Crippen LogP contribution in [0.4, 0.5) is 0 Å². The van der Waals surface area contributed by atoms with E-state index in [1.165, 1.54) is 7.11 Å². The first-order valence-corrected chi connectivity index (χ1v) is 11.8. The summed E-state index contributed by atoms with van der Waals surface area (Å²) in [6, 6.07) is -0.505. The molecule has 0 aromatic heterocycles. The molecule has 0 spiro atoms. The quantitative estimate of drug-likeness (QED) is 0.260. The van der Waals surface area contributed by atoms with Crippen molar-refractivity contribution in [3.05, 3.63) is 0 Å². The summed E-state index contributed by atoms with van der Waals surface area (Å²) in [5.74, 6) is -1.63. The molecular weight excluding hydrogens is 445 g/mol. The van der Waals surface area contributed by atoms with Gasteiger partial charge in [0.25, 0.3) is 0 Å². The third-order valence-corrected chi connectivity index (χ3v) is 6.61. The number of carbonyl (C=O) groups is 3. The normalized spacial score (nSPS) is 29.9.